The number of guanidine groups is 1. The van der Waals surface area contributed by atoms with E-state index in [0.717, 1.165) is 68.4 Å². The van der Waals surface area contributed by atoms with Gasteiger partial charge in [-0.1, -0.05) is 49.3 Å². The zero-order chi connectivity index (χ0) is 19.3. The normalized spacial score (nSPS) is 11.2. The van der Waals surface area contributed by atoms with Gasteiger partial charge in [0, 0.05) is 38.7 Å². The van der Waals surface area contributed by atoms with Crippen molar-refractivity contribution in [1.82, 2.24) is 15.8 Å². The van der Waals surface area contributed by atoms with Gasteiger partial charge in [-0.05, 0) is 24.8 Å². The minimum Gasteiger partial charge on any atom is -0.381 e. The maximum absolute atomic E-state index is 5.71. The van der Waals surface area contributed by atoms with Crippen LogP contribution in [-0.2, 0) is 30.5 Å². The predicted molar refractivity (Wildman–Crippen MR) is 124 cm³/mol. The Hall–Kier alpha value is -1.61. The molecule has 156 valence electrons. The van der Waals surface area contributed by atoms with E-state index in [4.69, 9.17) is 9.26 Å². The average molecular weight is 500 g/mol. The minimum atomic E-state index is 0. The van der Waals surface area contributed by atoms with Crippen molar-refractivity contribution in [2.75, 3.05) is 26.8 Å². The van der Waals surface area contributed by atoms with Crippen molar-refractivity contribution >= 4 is 29.9 Å². The van der Waals surface area contributed by atoms with Crippen LogP contribution in [0.3, 0.4) is 0 Å². The molecule has 0 aliphatic heterocycles. The van der Waals surface area contributed by atoms with Crippen LogP contribution in [-0.4, -0.2) is 37.9 Å². The second-order valence-corrected chi connectivity index (χ2v) is 6.29. The fourth-order valence-corrected chi connectivity index (χ4v) is 2.85. The lowest BCUT2D eigenvalue weighted by atomic mass is 10.1. The molecule has 1 aromatic heterocycles. The van der Waals surface area contributed by atoms with E-state index in [1.54, 1.807) is 7.05 Å². The van der Waals surface area contributed by atoms with Gasteiger partial charge in [-0.15, -0.1) is 24.0 Å². The SMILES string of the molecule is CCc1noc(CC)c1CNC(=NC)NCCCOCCc1ccccc1.I. The van der Waals surface area contributed by atoms with E-state index in [9.17, 15) is 0 Å². The summed E-state index contributed by atoms with van der Waals surface area (Å²) in [4.78, 5) is 4.27. The Kier molecular flexibility index (Phi) is 12.6. The Morgan fingerprint density at radius 1 is 1.11 bits per heavy atom. The zero-order valence-electron chi connectivity index (χ0n) is 17.2. The minimum absolute atomic E-state index is 0. The van der Waals surface area contributed by atoms with Crippen LogP contribution in [0.15, 0.2) is 39.8 Å². The number of nitrogens with one attached hydrogen (secondary N) is 2. The standard InChI is InChI=1S/C21H32N4O2.HI/c1-4-19-18(20(5-2)27-25-19)16-24-21(22-3)23-13-9-14-26-15-12-17-10-7-6-8-11-17;/h6-8,10-11H,4-5,9,12-16H2,1-3H3,(H2,22,23,24);1H. The molecule has 0 saturated carbocycles. The summed E-state index contributed by atoms with van der Waals surface area (Å²) >= 11 is 0. The molecule has 7 heteroatoms. The van der Waals surface area contributed by atoms with Gasteiger partial charge in [-0.25, -0.2) is 0 Å². The van der Waals surface area contributed by atoms with Crippen LogP contribution in [0.5, 0.6) is 0 Å². The maximum atomic E-state index is 5.71. The number of aromatic nitrogens is 1. The third-order valence-electron chi connectivity index (χ3n) is 4.40. The van der Waals surface area contributed by atoms with E-state index in [-0.39, 0.29) is 24.0 Å². The molecule has 2 N–H and O–H groups in total. The van der Waals surface area contributed by atoms with Crippen LogP contribution in [0.2, 0.25) is 0 Å². The van der Waals surface area contributed by atoms with Crippen LogP contribution in [0.1, 0.15) is 42.8 Å². The van der Waals surface area contributed by atoms with Gasteiger partial charge in [0.15, 0.2) is 5.96 Å². The largest absolute Gasteiger partial charge is 0.381 e. The van der Waals surface area contributed by atoms with E-state index >= 15 is 0 Å². The Labute approximate surface area is 185 Å². The Morgan fingerprint density at radius 3 is 2.57 bits per heavy atom. The third kappa shape index (κ3) is 8.18. The van der Waals surface area contributed by atoms with Gasteiger partial charge in [-0.2, -0.15) is 0 Å². The lowest BCUT2D eigenvalue weighted by Gasteiger charge is -2.12. The third-order valence-corrected chi connectivity index (χ3v) is 4.40. The number of nitrogens with zero attached hydrogens (tertiary/aromatic N) is 2. The van der Waals surface area contributed by atoms with Crippen LogP contribution in [0.25, 0.3) is 0 Å². The quantitative estimate of drug-likeness (QED) is 0.213. The van der Waals surface area contributed by atoms with Gasteiger partial charge < -0.3 is 19.9 Å². The molecule has 0 bridgehead atoms. The van der Waals surface area contributed by atoms with Crippen molar-refractivity contribution in [2.24, 2.45) is 4.99 Å². The lowest BCUT2D eigenvalue weighted by Crippen LogP contribution is -2.37. The summed E-state index contributed by atoms with van der Waals surface area (Å²) in [6.07, 6.45) is 3.60. The number of hydrogen-bond donors (Lipinski definition) is 2. The highest BCUT2D eigenvalue weighted by Gasteiger charge is 2.13. The highest BCUT2D eigenvalue weighted by Crippen LogP contribution is 2.15. The highest BCUT2D eigenvalue weighted by molar-refractivity contribution is 14.0. The van der Waals surface area contributed by atoms with Gasteiger partial charge in [0.2, 0.25) is 0 Å². The molecule has 0 atom stereocenters. The topological polar surface area (TPSA) is 71.7 Å². The summed E-state index contributed by atoms with van der Waals surface area (Å²) < 4.78 is 11.1. The van der Waals surface area contributed by atoms with Gasteiger partial charge in [0.05, 0.1) is 12.3 Å². The molecule has 0 unspecified atom stereocenters. The van der Waals surface area contributed by atoms with Gasteiger partial charge >= 0.3 is 0 Å². The summed E-state index contributed by atoms with van der Waals surface area (Å²) in [6.45, 7) is 7.14. The van der Waals surface area contributed by atoms with Crippen LogP contribution >= 0.6 is 24.0 Å². The van der Waals surface area contributed by atoms with Crippen molar-refractivity contribution in [2.45, 2.75) is 46.1 Å². The molecule has 0 aliphatic carbocycles. The molecule has 6 nitrogen and oxygen atoms in total. The second kappa shape index (κ2) is 14.4. The molecular formula is C21H33IN4O2. The number of ether oxygens (including phenoxy) is 1. The van der Waals surface area contributed by atoms with Crippen molar-refractivity contribution in [3.05, 3.63) is 52.9 Å². The van der Waals surface area contributed by atoms with Crippen molar-refractivity contribution < 1.29 is 9.26 Å². The predicted octanol–water partition coefficient (Wildman–Crippen LogP) is 3.73. The molecule has 28 heavy (non-hydrogen) atoms. The molecule has 2 rings (SSSR count). The second-order valence-electron chi connectivity index (χ2n) is 6.29. The molecule has 1 heterocycles. The van der Waals surface area contributed by atoms with Crippen molar-refractivity contribution in [1.29, 1.82) is 0 Å². The summed E-state index contributed by atoms with van der Waals surface area (Å²) in [7, 11) is 1.78. The zero-order valence-corrected chi connectivity index (χ0v) is 19.5. The van der Waals surface area contributed by atoms with E-state index in [2.05, 4.69) is 58.9 Å². The number of rotatable bonds is 11. The molecule has 0 radical (unpaired) electrons. The summed E-state index contributed by atoms with van der Waals surface area (Å²) in [6, 6.07) is 10.4. The summed E-state index contributed by atoms with van der Waals surface area (Å²) in [5.41, 5.74) is 3.47. The molecule has 0 amide bonds. The Balaban J connectivity index is 0.00000392. The number of aryl methyl sites for hydroxylation is 2. The van der Waals surface area contributed by atoms with Crippen LogP contribution < -0.4 is 10.6 Å². The smallest absolute Gasteiger partial charge is 0.191 e. The number of benzene rings is 1. The first-order valence-electron chi connectivity index (χ1n) is 9.80. The molecule has 0 saturated heterocycles. The van der Waals surface area contributed by atoms with E-state index in [0.29, 0.717) is 6.54 Å². The number of hydrogen-bond acceptors (Lipinski definition) is 4. The fourth-order valence-electron chi connectivity index (χ4n) is 2.85. The van der Waals surface area contributed by atoms with Gasteiger partial charge in [0.25, 0.3) is 0 Å². The average Bonchev–Trinajstić information content (AvgIpc) is 3.12. The summed E-state index contributed by atoms with van der Waals surface area (Å²) in [5, 5.41) is 10.8. The van der Waals surface area contributed by atoms with Crippen molar-refractivity contribution in [3.63, 3.8) is 0 Å². The molecule has 1 aromatic carbocycles. The monoisotopic (exact) mass is 500 g/mol. The number of aliphatic imine (C=N–C) groups is 1. The number of halogens is 1. The first-order valence-corrected chi connectivity index (χ1v) is 9.80. The highest BCUT2D eigenvalue weighted by atomic mass is 127. The Morgan fingerprint density at radius 2 is 1.89 bits per heavy atom. The van der Waals surface area contributed by atoms with Crippen LogP contribution in [0, 0.1) is 0 Å². The Bertz CT molecular complexity index is 667. The maximum Gasteiger partial charge on any atom is 0.191 e. The molecule has 0 aliphatic rings. The van der Waals surface area contributed by atoms with Crippen molar-refractivity contribution in [3.8, 4) is 0 Å². The van der Waals surface area contributed by atoms with Gasteiger partial charge in [-0.3, -0.25) is 4.99 Å². The van der Waals surface area contributed by atoms with Crippen LogP contribution in [0.4, 0.5) is 0 Å². The van der Waals surface area contributed by atoms with E-state index in [1.165, 1.54) is 5.56 Å². The molecular weight excluding hydrogens is 467 g/mol. The van der Waals surface area contributed by atoms with E-state index in [1.807, 2.05) is 6.07 Å². The van der Waals surface area contributed by atoms with E-state index < -0.39 is 0 Å². The summed E-state index contributed by atoms with van der Waals surface area (Å²) in [5.74, 6) is 1.73. The first-order chi connectivity index (χ1) is 13.3. The molecule has 2 aromatic rings. The lowest BCUT2D eigenvalue weighted by molar-refractivity contribution is 0.135. The van der Waals surface area contributed by atoms with Gasteiger partial charge in [0.1, 0.15) is 5.76 Å². The molecule has 0 fully saturated rings. The first kappa shape index (κ1) is 24.4. The molecule has 0 spiro atoms. The fraction of sp³-hybridized carbons (Fsp3) is 0.524.